The Morgan fingerprint density at radius 3 is 2.58 bits per heavy atom. The van der Waals surface area contributed by atoms with Crippen LogP contribution in [0.2, 0.25) is 0 Å². The van der Waals surface area contributed by atoms with Gasteiger partial charge in [0.15, 0.2) is 0 Å². The summed E-state index contributed by atoms with van der Waals surface area (Å²) in [5.41, 5.74) is 1.21. The molecule has 5 nitrogen and oxygen atoms in total. The summed E-state index contributed by atoms with van der Waals surface area (Å²) < 4.78 is 4.50. The van der Waals surface area contributed by atoms with E-state index in [2.05, 4.69) is 54.4 Å². The average molecular weight is 375 g/mol. The first-order valence-corrected chi connectivity index (χ1v) is 10.1. The Bertz CT molecular complexity index is 669. The van der Waals surface area contributed by atoms with Crippen molar-refractivity contribution in [1.82, 2.24) is 14.7 Å². The van der Waals surface area contributed by atoms with Crippen LogP contribution in [0.3, 0.4) is 0 Å². The van der Waals surface area contributed by atoms with Crippen molar-refractivity contribution in [2.24, 2.45) is 5.92 Å². The number of nitrogens with one attached hydrogen (secondary N) is 1. The summed E-state index contributed by atoms with van der Waals surface area (Å²) >= 11 is 1.41. The van der Waals surface area contributed by atoms with Gasteiger partial charge in [-0.05, 0) is 31.7 Å². The van der Waals surface area contributed by atoms with Gasteiger partial charge in [-0.2, -0.15) is 4.37 Å². The molecule has 0 saturated carbocycles. The third-order valence-electron chi connectivity index (χ3n) is 4.16. The fourth-order valence-electron chi connectivity index (χ4n) is 2.60. The Morgan fingerprint density at radius 2 is 1.92 bits per heavy atom. The fraction of sp³-hybridized carbons (Fsp3) is 0.550. The lowest BCUT2D eigenvalue weighted by atomic mass is 10.1. The van der Waals surface area contributed by atoms with Crippen LogP contribution in [0.1, 0.15) is 51.9 Å². The summed E-state index contributed by atoms with van der Waals surface area (Å²) in [4.78, 5) is 18.9. The van der Waals surface area contributed by atoms with E-state index in [1.54, 1.807) is 0 Å². The van der Waals surface area contributed by atoms with E-state index < -0.39 is 0 Å². The third-order valence-corrected chi connectivity index (χ3v) is 4.95. The number of hydrogen-bond acceptors (Lipinski definition) is 5. The Hall–Kier alpha value is -1.95. The lowest BCUT2D eigenvalue weighted by Gasteiger charge is -2.25. The highest BCUT2D eigenvalue weighted by Crippen LogP contribution is 2.21. The van der Waals surface area contributed by atoms with Crippen molar-refractivity contribution < 1.29 is 4.79 Å². The molecule has 6 heteroatoms. The molecule has 0 atom stereocenters. The van der Waals surface area contributed by atoms with Crippen LogP contribution in [-0.4, -0.2) is 34.4 Å². The maximum absolute atomic E-state index is 12.1. The predicted molar refractivity (Wildman–Crippen MR) is 109 cm³/mol. The highest BCUT2D eigenvalue weighted by Gasteiger charge is 2.17. The maximum Gasteiger partial charge on any atom is 0.221 e. The number of carbonyl (C=O) groups excluding carboxylic acids is 1. The number of carbonyl (C=O) groups is 1. The third kappa shape index (κ3) is 6.75. The van der Waals surface area contributed by atoms with E-state index in [0.29, 0.717) is 18.9 Å². The van der Waals surface area contributed by atoms with E-state index >= 15 is 0 Å². The molecule has 0 aliphatic rings. The first-order chi connectivity index (χ1) is 12.5. The SMILES string of the molecule is CC(C)CCNC(=O)CCN(c1nc(Cc2ccccc2)ns1)C(C)C. The van der Waals surface area contributed by atoms with Gasteiger partial charge in [0.25, 0.3) is 0 Å². The normalized spacial score (nSPS) is 11.2. The predicted octanol–water partition coefficient (Wildman–Crippen LogP) is 3.90. The van der Waals surface area contributed by atoms with Crippen molar-refractivity contribution >= 4 is 22.6 Å². The zero-order valence-corrected chi connectivity index (χ0v) is 17.1. The van der Waals surface area contributed by atoms with Crippen LogP contribution >= 0.6 is 11.5 Å². The summed E-state index contributed by atoms with van der Waals surface area (Å²) in [7, 11) is 0. The quantitative estimate of drug-likeness (QED) is 0.685. The molecule has 0 radical (unpaired) electrons. The van der Waals surface area contributed by atoms with E-state index in [-0.39, 0.29) is 11.9 Å². The van der Waals surface area contributed by atoms with E-state index in [4.69, 9.17) is 4.98 Å². The monoisotopic (exact) mass is 374 g/mol. The molecule has 0 unspecified atom stereocenters. The van der Waals surface area contributed by atoms with Crippen molar-refractivity contribution in [3.63, 3.8) is 0 Å². The van der Waals surface area contributed by atoms with Crippen LogP contribution in [0.25, 0.3) is 0 Å². The minimum atomic E-state index is 0.102. The zero-order valence-electron chi connectivity index (χ0n) is 16.2. The molecule has 1 amide bonds. The molecule has 0 aliphatic carbocycles. The van der Waals surface area contributed by atoms with Gasteiger partial charge in [0.1, 0.15) is 5.82 Å². The molecule has 0 spiro atoms. The highest BCUT2D eigenvalue weighted by molar-refractivity contribution is 7.09. The summed E-state index contributed by atoms with van der Waals surface area (Å²) in [6.07, 6.45) is 2.22. The molecule has 2 aromatic rings. The van der Waals surface area contributed by atoms with Crippen LogP contribution in [-0.2, 0) is 11.2 Å². The van der Waals surface area contributed by atoms with Gasteiger partial charge in [0.2, 0.25) is 11.0 Å². The number of anilines is 1. The lowest BCUT2D eigenvalue weighted by Crippen LogP contribution is -2.35. The number of rotatable bonds is 10. The van der Waals surface area contributed by atoms with Gasteiger partial charge >= 0.3 is 0 Å². The molecule has 142 valence electrons. The smallest absolute Gasteiger partial charge is 0.221 e. The van der Waals surface area contributed by atoms with Crippen LogP contribution in [0.5, 0.6) is 0 Å². The molecule has 0 aliphatic heterocycles. The van der Waals surface area contributed by atoms with Crippen molar-refractivity contribution in [2.45, 2.75) is 53.0 Å². The Balaban J connectivity index is 1.90. The topological polar surface area (TPSA) is 58.1 Å². The van der Waals surface area contributed by atoms with Gasteiger partial charge in [-0.1, -0.05) is 44.2 Å². The average Bonchev–Trinajstić information content (AvgIpc) is 3.03. The van der Waals surface area contributed by atoms with E-state index in [1.807, 2.05) is 18.2 Å². The summed E-state index contributed by atoms with van der Waals surface area (Å²) in [5, 5.41) is 3.89. The van der Waals surface area contributed by atoms with Crippen molar-refractivity contribution in [3.05, 3.63) is 41.7 Å². The van der Waals surface area contributed by atoms with Crippen LogP contribution in [0.15, 0.2) is 30.3 Å². The molecule has 1 aromatic carbocycles. The van der Waals surface area contributed by atoms with Gasteiger partial charge in [0, 0.05) is 43.5 Å². The van der Waals surface area contributed by atoms with Crippen molar-refractivity contribution in [1.29, 1.82) is 0 Å². The lowest BCUT2D eigenvalue weighted by molar-refractivity contribution is -0.120. The Kier molecular flexibility index (Phi) is 8.04. The molecule has 0 fully saturated rings. The van der Waals surface area contributed by atoms with Crippen molar-refractivity contribution in [2.75, 3.05) is 18.0 Å². The molecule has 1 N–H and O–H groups in total. The van der Waals surface area contributed by atoms with Gasteiger partial charge in [0.05, 0.1) is 0 Å². The first kappa shape index (κ1) is 20.4. The number of hydrogen-bond donors (Lipinski definition) is 1. The van der Waals surface area contributed by atoms with Gasteiger partial charge < -0.3 is 10.2 Å². The number of nitrogens with zero attached hydrogens (tertiary/aromatic N) is 3. The Morgan fingerprint density at radius 1 is 1.19 bits per heavy atom. The van der Waals surface area contributed by atoms with Crippen LogP contribution in [0.4, 0.5) is 5.13 Å². The summed E-state index contributed by atoms with van der Waals surface area (Å²) in [6.45, 7) is 9.97. The largest absolute Gasteiger partial charge is 0.356 e. The van der Waals surface area contributed by atoms with Gasteiger partial charge in [-0.15, -0.1) is 0 Å². The number of aromatic nitrogens is 2. The van der Waals surface area contributed by atoms with E-state index in [0.717, 1.165) is 30.3 Å². The first-order valence-electron chi connectivity index (χ1n) is 9.35. The second kappa shape index (κ2) is 10.3. The fourth-order valence-corrected chi connectivity index (χ4v) is 3.44. The van der Waals surface area contributed by atoms with Crippen LogP contribution < -0.4 is 10.2 Å². The molecule has 0 saturated heterocycles. The number of amides is 1. The van der Waals surface area contributed by atoms with Crippen LogP contribution in [0, 0.1) is 5.92 Å². The molecule has 1 aromatic heterocycles. The van der Waals surface area contributed by atoms with Gasteiger partial charge in [-0.25, -0.2) is 4.98 Å². The second-order valence-electron chi connectivity index (χ2n) is 7.23. The summed E-state index contributed by atoms with van der Waals surface area (Å²) in [5.74, 6) is 1.54. The molecule has 0 bridgehead atoms. The Labute approximate surface area is 161 Å². The van der Waals surface area contributed by atoms with E-state index in [1.165, 1.54) is 17.1 Å². The highest BCUT2D eigenvalue weighted by atomic mass is 32.1. The maximum atomic E-state index is 12.1. The molecule has 1 heterocycles. The molecular weight excluding hydrogens is 344 g/mol. The zero-order chi connectivity index (χ0) is 18.9. The minimum absolute atomic E-state index is 0.102. The molecule has 2 rings (SSSR count). The second-order valence-corrected chi connectivity index (χ2v) is 7.96. The van der Waals surface area contributed by atoms with Gasteiger partial charge in [-0.3, -0.25) is 4.79 Å². The molecular formula is C20H30N4OS. The van der Waals surface area contributed by atoms with Crippen molar-refractivity contribution in [3.8, 4) is 0 Å². The number of benzene rings is 1. The van der Waals surface area contributed by atoms with E-state index in [9.17, 15) is 4.79 Å². The standard InChI is InChI=1S/C20H30N4OS/c1-15(2)10-12-21-19(25)11-13-24(16(3)4)20-22-18(23-26-20)14-17-8-6-5-7-9-17/h5-9,15-16H,10-14H2,1-4H3,(H,21,25). The molecule has 26 heavy (non-hydrogen) atoms. The minimum Gasteiger partial charge on any atom is -0.356 e. The summed E-state index contributed by atoms with van der Waals surface area (Å²) in [6, 6.07) is 10.5.